The lowest BCUT2D eigenvalue weighted by Gasteiger charge is -2.42. The maximum atomic E-state index is 13.2. The molecule has 0 radical (unpaired) electrons. The highest BCUT2D eigenvalue weighted by molar-refractivity contribution is 6.10. The van der Waals surface area contributed by atoms with Gasteiger partial charge in [0.05, 0.1) is 0 Å². The largest absolute Gasteiger partial charge is 0.372 e. The Balaban J connectivity index is 1.33. The maximum absolute atomic E-state index is 13.2. The summed E-state index contributed by atoms with van der Waals surface area (Å²) in [5.41, 5.74) is 1.22. The van der Waals surface area contributed by atoms with E-state index in [2.05, 4.69) is 36.3 Å². The van der Waals surface area contributed by atoms with Crippen molar-refractivity contribution >= 4 is 29.2 Å². The van der Waals surface area contributed by atoms with Gasteiger partial charge >= 0.3 is 6.03 Å². The van der Waals surface area contributed by atoms with E-state index >= 15 is 0 Å². The molecule has 180 valence electrons. The minimum absolute atomic E-state index is 0.233. The van der Waals surface area contributed by atoms with Crippen LogP contribution in [0.15, 0.2) is 24.3 Å². The fraction of sp³-hybridized carbons (Fsp3) is 0.654. The SMILES string of the molecule is CCC(C)(C)C1CCC2(CC1)NC(=O)N(CC(=O)Nc1ccc(N3CCCCC3)cc1)C2=O. The van der Waals surface area contributed by atoms with E-state index in [0.29, 0.717) is 24.4 Å². The van der Waals surface area contributed by atoms with Crippen LogP contribution < -0.4 is 15.5 Å². The quantitative estimate of drug-likeness (QED) is 0.619. The molecule has 3 fully saturated rings. The van der Waals surface area contributed by atoms with E-state index in [1.807, 2.05) is 24.3 Å². The lowest BCUT2D eigenvalue weighted by atomic mass is 9.65. The summed E-state index contributed by atoms with van der Waals surface area (Å²) in [6, 6.07) is 7.33. The molecule has 1 aromatic carbocycles. The zero-order valence-electron chi connectivity index (χ0n) is 20.3. The third-order valence-electron chi connectivity index (χ3n) is 8.28. The number of urea groups is 1. The molecule has 0 bridgehead atoms. The first-order valence-corrected chi connectivity index (χ1v) is 12.5. The van der Waals surface area contributed by atoms with E-state index in [-0.39, 0.29) is 23.8 Å². The molecule has 3 aliphatic rings. The van der Waals surface area contributed by atoms with Crippen LogP contribution >= 0.6 is 0 Å². The van der Waals surface area contributed by atoms with Gasteiger partial charge in [-0.2, -0.15) is 0 Å². The number of nitrogens with one attached hydrogen (secondary N) is 2. The van der Waals surface area contributed by atoms with E-state index in [9.17, 15) is 14.4 Å². The molecule has 0 atom stereocenters. The van der Waals surface area contributed by atoms with Crippen molar-refractivity contribution in [2.75, 3.05) is 29.9 Å². The van der Waals surface area contributed by atoms with Crippen LogP contribution in [0.2, 0.25) is 0 Å². The molecule has 0 aromatic heterocycles. The summed E-state index contributed by atoms with van der Waals surface area (Å²) in [7, 11) is 0. The van der Waals surface area contributed by atoms with Crippen LogP contribution in [-0.4, -0.2) is 47.9 Å². The topological polar surface area (TPSA) is 81.8 Å². The first-order valence-electron chi connectivity index (χ1n) is 12.5. The average molecular weight is 455 g/mol. The molecule has 0 unspecified atom stereocenters. The molecule has 7 heteroatoms. The Bertz CT molecular complexity index is 881. The number of nitrogens with zero attached hydrogens (tertiary/aromatic N) is 2. The molecule has 33 heavy (non-hydrogen) atoms. The van der Waals surface area contributed by atoms with Crippen LogP contribution in [-0.2, 0) is 9.59 Å². The van der Waals surface area contributed by atoms with Crippen LogP contribution in [0, 0.1) is 11.3 Å². The number of carbonyl (C=O) groups excluding carboxylic acids is 3. The third kappa shape index (κ3) is 4.87. The summed E-state index contributed by atoms with van der Waals surface area (Å²) in [4.78, 5) is 41.9. The second-order valence-corrected chi connectivity index (χ2v) is 10.7. The Morgan fingerprint density at radius 1 is 1.09 bits per heavy atom. The Morgan fingerprint density at radius 2 is 1.73 bits per heavy atom. The second kappa shape index (κ2) is 9.35. The van der Waals surface area contributed by atoms with Gasteiger partial charge in [0.15, 0.2) is 0 Å². The molecule has 2 N–H and O–H groups in total. The zero-order valence-corrected chi connectivity index (χ0v) is 20.3. The van der Waals surface area contributed by atoms with Crippen LogP contribution in [0.4, 0.5) is 16.2 Å². The van der Waals surface area contributed by atoms with Gasteiger partial charge in [0.2, 0.25) is 5.91 Å². The smallest absolute Gasteiger partial charge is 0.325 e. The van der Waals surface area contributed by atoms with Gasteiger partial charge in [-0.1, -0.05) is 27.2 Å². The number of carbonyl (C=O) groups is 3. The summed E-state index contributed by atoms with van der Waals surface area (Å²) in [5.74, 6) is -0.0685. The molecule has 4 rings (SSSR count). The van der Waals surface area contributed by atoms with Crippen molar-refractivity contribution in [1.29, 1.82) is 0 Å². The molecule has 1 saturated carbocycles. The van der Waals surface area contributed by atoms with Crippen LogP contribution in [0.1, 0.15) is 72.1 Å². The Hall–Kier alpha value is -2.57. The first-order chi connectivity index (χ1) is 15.7. The lowest BCUT2D eigenvalue weighted by Crippen LogP contribution is -2.51. The minimum Gasteiger partial charge on any atom is -0.372 e. The van der Waals surface area contributed by atoms with Gasteiger partial charge in [-0.25, -0.2) is 4.79 Å². The monoisotopic (exact) mass is 454 g/mol. The number of rotatable bonds is 6. The molecule has 1 aromatic rings. The molecular formula is C26H38N4O3. The summed E-state index contributed by atoms with van der Waals surface area (Å²) in [6.07, 6.45) is 7.91. The molecular weight excluding hydrogens is 416 g/mol. The van der Waals surface area contributed by atoms with Gasteiger partial charge < -0.3 is 15.5 Å². The Labute approximate surface area is 197 Å². The second-order valence-electron chi connectivity index (χ2n) is 10.7. The van der Waals surface area contributed by atoms with Gasteiger partial charge in [0.25, 0.3) is 5.91 Å². The van der Waals surface area contributed by atoms with Crippen molar-refractivity contribution in [1.82, 2.24) is 10.2 Å². The number of hydrogen-bond donors (Lipinski definition) is 2. The standard InChI is InChI=1S/C26H38N4O3/c1-4-25(2,3)19-12-14-26(15-13-19)23(32)30(24(33)28-26)18-22(31)27-20-8-10-21(11-9-20)29-16-6-5-7-17-29/h8-11,19H,4-7,12-18H2,1-3H3,(H,27,31)(H,28,33). The van der Waals surface area contributed by atoms with E-state index in [1.54, 1.807) is 0 Å². The number of amides is 4. The summed E-state index contributed by atoms with van der Waals surface area (Å²) < 4.78 is 0. The molecule has 7 nitrogen and oxygen atoms in total. The first kappa shape index (κ1) is 23.6. The van der Waals surface area contributed by atoms with Crippen molar-refractivity contribution in [2.45, 2.75) is 77.7 Å². The normalized spacial score (nSPS) is 26.0. The minimum atomic E-state index is -0.840. The third-order valence-corrected chi connectivity index (χ3v) is 8.28. The predicted octanol–water partition coefficient (Wildman–Crippen LogP) is 4.53. The highest BCUT2D eigenvalue weighted by atomic mass is 16.2. The molecule has 1 spiro atoms. The number of imide groups is 1. The molecule has 2 saturated heterocycles. The number of hydrogen-bond acceptors (Lipinski definition) is 4. The fourth-order valence-corrected chi connectivity index (χ4v) is 5.59. The Morgan fingerprint density at radius 3 is 2.33 bits per heavy atom. The van der Waals surface area contributed by atoms with Gasteiger partial charge in [-0.05, 0) is 80.5 Å². The summed E-state index contributed by atoms with van der Waals surface area (Å²) in [6.45, 7) is 8.63. The fourth-order valence-electron chi connectivity index (χ4n) is 5.59. The molecule has 2 heterocycles. The molecule has 4 amide bonds. The predicted molar refractivity (Wildman–Crippen MR) is 130 cm³/mol. The van der Waals surface area contributed by atoms with Crippen molar-refractivity contribution in [2.24, 2.45) is 11.3 Å². The van der Waals surface area contributed by atoms with Crippen molar-refractivity contribution in [3.8, 4) is 0 Å². The van der Waals surface area contributed by atoms with E-state index in [1.165, 1.54) is 19.3 Å². The molecule has 2 aliphatic heterocycles. The summed E-state index contributed by atoms with van der Waals surface area (Å²) >= 11 is 0. The molecule has 1 aliphatic carbocycles. The number of benzene rings is 1. The zero-order chi connectivity index (χ0) is 23.6. The van der Waals surface area contributed by atoms with Crippen molar-refractivity contribution in [3.63, 3.8) is 0 Å². The van der Waals surface area contributed by atoms with Crippen LogP contribution in [0.3, 0.4) is 0 Å². The van der Waals surface area contributed by atoms with Gasteiger partial charge in [0, 0.05) is 24.5 Å². The van der Waals surface area contributed by atoms with Crippen LogP contribution in [0.5, 0.6) is 0 Å². The van der Waals surface area contributed by atoms with Gasteiger partial charge in [0.1, 0.15) is 12.1 Å². The highest BCUT2D eigenvalue weighted by Gasteiger charge is 2.53. The van der Waals surface area contributed by atoms with Crippen molar-refractivity contribution < 1.29 is 14.4 Å². The van der Waals surface area contributed by atoms with Gasteiger partial charge in [-0.3, -0.25) is 14.5 Å². The van der Waals surface area contributed by atoms with E-state index in [4.69, 9.17) is 0 Å². The summed E-state index contributed by atoms with van der Waals surface area (Å²) in [5, 5.41) is 5.76. The highest BCUT2D eigenvalue weighted by Crippen LogP contribution is 2.45. The lowest BCUT2D eigenvalue weighted by molar-refractivity contribution is -0.135. The average Bonchev–Trinajstić information content (AvgIpc) is 3.04. The van der Waals surface area contributed by atoms with E-state index in [0.717, 1.165) is 42.9 Å². The van der Waals surface area contributed by atoms with E-state index < -0.39 is 11.6 Å². The maximum Gasteiger partial charge on any atom is 0.325 e. The van der Waals surface area contributed by atoms with Crippen molar-refractivity contribution in [3.05, 3.63) is 24.3 Å². The van der Waals surface area contributed by atoms with Gasteiger partial charge in [-0.15, -0.1) is 0 Å². The number of piperidine rings is 1. The number of anilines is 2. The Kier molecular flexibility index (Phi) is 6.68. The van der Waals surface area contributed by atoms with Crippen LogP contribution in [0.25, 0.3) is 0 Å².